The van der Waals surface area contributed by atoms with Gasteiger partial charge >= 0.3 is 0 Å². The van der Waals surface area contributed by atoms with E-state index < -0.39 is 23.2 Å². The molecular weight excluding hydrogens is 471 g/mol. The standard InChI is InChI=1S/C25H27FN4O4S/c1-14(34-17-7-9-22(28-12-17)33-13-15-4-5-15)21-11-20(30-35-21)16-6-8-18(19(26)10-16)23(31)29-25(2,3)24(27)32/h6-12,14-15H,4-5,13H2,1-3H3,(H2,27,32)(H,29,31)/t14-/m1/s1. The number of ether oxygens (including phenoxy) is 2. The number of nitrogens with zero attached hydrogens (tertiary/aromatic N) is 2. The van der Waals surface area contributed by atoms with E-state index in [0.717, 1.165) is 4.88 Å². The lowest BCUT2D eigenvalue weighted by Gasteiger charge is -2.22. The number of carbonyl (C=O) groups is 2. The molecule has 1 atom stereocenters. The Labute approximate surface area is 206 Å². The first-order valence-electron chi connectivity index (χ1n) is 11.3. The van der Waals surface area contributed by atoms with Gasteiger partial charge in [0.25, 0.3) is 5.91 Å². The molecule has 0 spiro atoms. The normalized spacial score (nSPS) is 14.3. The number of amides is 2. The molecule has 35 heavy (non-hydrogen) atoms. The molecule has 0 bridgehead atoms. The van der Waals surface area contributed by atoms with Crippen LogP contribution in [0, 0.1) is 11.7 Å². The van der Waals surface area contributed by atoms with Crippen LogP contribution in [-0.2, 0) is 4.79 Å². The number of pyridine rings is 1. The van der Waals surface area contributed by atoms with Crippen LogP contribution in [0.3, 0.4) is 0 Å². The summed E-state index contributed by atoms with van der Waals surface area (Å²) in [4.78, 5) is 29.0. The Morgan fingerprint density at radius 3 is 2.66 bits per heavy atom. The van der Waals surface area contributed by atoms with Crippen molar-refractivity contribution in [3.8, 4) is 22.9 Å². The fourth-order valence-electron chi connectivity index (χ4n) is 3.16. The lowest BCUT2D eigenvalue weighted by Crippen LogP contribution is -2.53. The van der Waals surface area contributed by atoms with E-state index in [4.69, 9.17) is 15.2 Å². The Balaban J connectivity index is 1.39. The molecule has 1 saturated carbocycles. The Morgan fingerprint density at radius 1 is 1.26 bits per heavy atom. The summed E-state index contributed by atoms with van der Waals surface area (Å²) in [6.07, 6.45) is 3.76. The zero-order valence-electron chi connectivity index (χ0n) is 19.7. The number of primary amides is 1. The van der Waals surface area contributed by atoms with Crippen molar-refractivity contribution in [3.63, 3.8) is 0 Å². The summed E-state index contributed by atoms with van der Waals surface area (Å²) in [5.41, 5.74) is 4.85. The summed E-state index contributed by atoms with van der Waals surface area (Å²) in [5.74, 6) is -0.335. The SMILES string of the molecule is C[C@@H](Oc1ccc(OCC2CC2)nc1)c1cc(-c2ccc(C(=O)NC(C)(C)C(N)=O)c(F)c2)ns1. The number of hydrogen-bond acceptors (Lipinski definition) is 7. The van der Waals surface area contributed by atoms with Gasteiger partial charge in [0.2, 0.25) is 11.8 Å². The number of rotatable bonds is 10. The smallest absolute Gasteiger partial charge is 0.255 e. The maximum absolute atomic E-state index is 14.7. The second-order valence-electron chi connectivity index (χ2n) is 9.10. The quantitative estimate of drug-likeness (QED) is 0.431. The predicted molar refractivity (Wildman–Crippen MR) is 130 cm³/mol. The summed E-state index contributed by atoms with van der Waals surface area (Å²) in [6, 6.07) is 9.61. The van der Waals surface area contributed by atoms with E-state index in [1.54, 1.807) is 18.3 Å². The first-order valence-corrected chi connectivity index (χ1v) is 12.0. The minimum Gasteiger partial charge on any atom is -0.484 e. The van der Waals surface area contributed by atoms with Gasteiger partial charge < -0.3 is 20.5 Å². The highest BCUT2D eigenvalue weighted by atomic mass is 32.1. The molecule has 0 unspecified atom stereocenters. The van der Waals surface area contributed by atoms with Gasteiger partial charge in [0.15, 0.2) is 0 Å². The molecule has 8 nitrogen and oxygen atoms in total. The second kappa shape index (κ2) is 9.99. The van der Waals surface area contributed by atoms with Gasteiger partial charge in [-0.15, -0.1) is 0 Å². The van der Waals surface area contributed by atoms with Gasteiger partial charge in [-0.3, -0.25) is 9.59 Å². The number of benzene rings is 1. The maximum atomic E-state index is 14.7. The number of carbonyl (C=O) groups excluding carboxylic acids is 2. The van der Waals surface area contributed by atoms with Gasteiger partial charge in [-0.25, -0.2) is 9.37 Å². The van der Waals surface area contributed by atoms with Crippen LogP contribution >= 0.6 is 11.5 Å². The largest absolute Gasteiger partial charge is 0.484 e. The van der Waals surface area contributed by atoms with Gasteiger partial charge in [-0.05, 0) is 75.3 Å². The summed E-state index contributed by atoms with van der Waals surface area (Å²) in [7, 11) is 0. The van der Waals surface area contributed by atoms with E-state index in [9.17, 15) is 14.0 Å². The number of nitrogens with two attached hydrogens (primary N) is 1. The molecule has 1 fully saturated rings. The van der Waals surface area contributed by atoms with E-state index in [1.165, 1.54) is 50.4 Å². The highest BCUT2D eigenvalue weighted by Crippen LogP contribution is 2.31. The molecule has 2 aromatic heterocycles. The molecule has 1 aromatic carbocycles. The van der Waals surface area contributed by atoms with Gasteiger partial charge in [0, 0.05) is 11.6 Å². The van der Waals surface area contributed by atoms with Crippen LogP contribution in [0.5, 0.6) is 11.6 Å². The number of nitrogens with one attached hydrogen (secondary N) is 1. The molecule has 3 aromatic rings. The van der Waals surface area contributed by atoms with E-state index in [-0.39, 0.29) is 11.7 Å². The van der Waals surface area contributed by atoms with E-state index >= 15 is 0 Å². The molecule has 0 aliphatic heterocycles. The molecule has 2 heterocycles. The van der Waals surface area contributed by atoms with Gasteiger partial charge in [-0.2, -0.15) is 4.37 Å². The van der Waals surface area contributed by atoms with E-state index in [1.807, 2.05) is 19.1 Å². The molecule has 0 radical (unpaired) electrons. The summed E-state index contributed by atoms with van der Waals surface area (Å²) in [5, 5.41) is 2.44. The van der Waals surface area contributed by atoms with Crippen molar-refractivity contribution in [1.82, 2.24) is 14.7 Å². The highest BCUT2D eigenvalue weighted by molar-refractivity contribution is 7.06. The van der Waals surface area contributed by atoms with Crippen molar-refractivity contribution in [2.24, 2.45) is 11.7 Å². The number of halogens is 1. The van der Waals surface area contributed by atoms with Crippen molar-refractivity contribution >= 4 is 23.3 Å². The Kier molecular flexibility index (Phi) is 7.02. The maximum Gasteiger partial charge on any atom is 0.255 e. The average Bonchev–Trinajstić information content (AvgIpc) is 3.51. The fourth-order valence-corrected chi connectivity index (χ4v) is 3.88. The Hall–Kier alpha value is -3.53. The van der Waals surface area contributed by atoms with Crippen molar-refractivity contribution in [2.75, 3.05) is 6.61 Å². The van der Waals surface area contributed by atoms with Crippen molar-refractivity contribution < 1.29 is 23.5 Å². The third kappa shape index (κ3) is 6.13. The molecule has 10 heteroatoms. The van der Waals surface area contributed by atoms with Crippen LogP contribution in [0.25, 0.3) is 11.3 Å². The van der Waals surface area contributed by atoms with Gasteiger partial charge in [0.05, 0.1) is 28.9 Å². The molecule has 0 saturated heterocycles. The zero-order chi connectivity index (χ0) is 25.2. The Bertz CT molecular complexity index is 1220. The van der Waals surface area contributed by atoms with Crippen molar-refractivity contribution in [3.05, 3.63) is 58.9 Å². The summed E-state index contributed by atoms with van der Waals surface area (Å²) < 4.78 is 30.7. The monoisotopic (exact) mass is 498 g/mol. The lowest BCUT2D eigenvalue weighted by atomic mass is 10.0. The minimum absolute atomic E-state index is 0.188. The summed E-state index contributed by atoms with van der Waals surface area (Å²) in [6.45, 7) is 5.49. The van der Waals surface area contributed by atoms with Crippen LogP contribution in [0.15, 0.2) is 42.6 Å². The molecule has 1 aliphatic carbocycles. The summed E-state index contributed by atoms with van der Waals surface area (Å²) >= 11 is 1.25. The van der Waals surface area contributed by atoms with Crippen molar-refractivity contribution in [1.29, 1.82) is 0 Å². The number of hydrogen-bond donors (Lipinski definition) is 2. The fraction of sp³-hybridized carbons (Fsp3) is 0.360. The molecule has 2 amide bonds. The van der Waals surface area contributed by atoms with Gasteiger partial charge in [0.1, 0.15) is 23.2 Å². The number of aromatic nitrogens is 2. The average molecular weight is 499 g/mol. The van der Waals surface area contributed by atoms with Crippen LogP contribution in [0.1, 0.15) is 55.0 Å². The second-order valence-corrected chi connectivity index (χ2v) is 9.94. The minimum atomic E-state index is -1.30. The Morgan fingerprint density at radius 2 is 2.03 bits per heavy atom. The molecule has 3 N–H and O–H groups in total. The van der Waals surface area contributed by atoms with Crippen LogP contribution < -0.4 is 20.5 Å². The first kappa shape index (κ1) is 24.6. The predicted octanol–water partition coefficient (Wildman–Crippen LogP) is 4.27. The van der Waals surface area contributed by atoms with Crippen LogP contribution in [0.2, 0.25) is 0 Å². The van der Waals surface area contributed by atoms with E-state index in [2.05, 4.69) is 14.7 Å². The topological polar surface area (TPSA) is 116 Å². The van der Waals surface area contributed by atoms with Crippen LogP contribution in [-0.4, -0.2) is 33.3 Å². The first-order chi connectivity index (χ1) is 16.6. The lowest BCUT2D eigenvalue weighted by molar-refractivity contribution is -0.122. The molecule has 4 rings (SSSR count). The van der Waals surface area contributed by atoms with E-state index in [0.29, 0.717) is 35.4 Å². The van der Waals surface area contributed by atoms with Gasteiger partial charge in [-0.1, -0.05) is 6.07 Å². The molecule has 1 aliphatic rings. The third-order valence-corrected chi connectivity index (χ3v) is 6.62. The van der Waals surface area contributed by atoms with Crippen molar-refractivity contribution in [2.45, 2.75) is 45.3 Å². The highest BCUT2D eigenvalue weighted by Gasteiger charge is 2.28. The third-order valence-electron chi connectivity index (χ3n) is 5.67. The molecule has 184 valence electrons. The zero-order valence-corrected chi connectivity index (χ0v) is 20.5. The van der Waals surface area contributed by atoms with Crippen LogP contribution in [0.4, 0.5) is 4.39 Å². The molecular formula is C25H27FN4O4S.